The fourth-order valence-electron chi connectivity index (χ4n) is 3.16. The average Bonchev–Trinajstić information content (AvgIpc) is 2.86. The Morgan fingerprint density at radius 3 is 1.72 bits per heavy atom. The summed E-state index contributed by atoms with van der Waals surface area (Å²) in [7, 11) is -1.12. The Labute approximate surface area is 190 Å². The third-order valence-electron chi connectivity index (χ3n) is 4.88. The van der Waals surface area contributed by atoms with Gasteiger partial charge in [-0.15, -0.1) is 0 Å². The molecule has 4 heteroatoms. The third kappa shape index (κ3) is 5.51. The van der Waals surface area contributed by atoms with E-state index in [1.54, 1.807) is 6.20 Å². The van der Waals surface area contributed by atoms with Crippen LogP contribution in [0, 0.1) is 6.92 Å². The van der Waals surface area contributed by atoms with Crippen molar-refractivity contribution in [2.45, 2.75) is 6.92 Å². The zero-order chi connectivity index (χ0) is 22.2. The van der Waals surface area contributed by atoms with Crippen LogP contribution in [0.25, 0.3) is 5.76 Å². The number of amides is 1. The van der Waals surface area contributed by atoms with Crippen LogP contribution >= 0.6 is 8.15 Å². The maximum Gasteiger partial charge on any atom is 0.255 e. The summed E-state index contributed by atoms with van der Waals surface area (Å²) in [5.41, 5.74) is 2.62. The lowest BCUT2D eigenvalue weighted by molar-refractivity contribution is 0.0969. The molecule has 3 nitrogen and oxygen atoms in total. The largest absolute Gasteiger partial charge is 0.462 e. The molecule has 32 heavy (non-hydrogen) atoms. The Balaban J connectivity index is 1.67. The van der Waals surface area contributed by atoms with Gasteiger partial charge in [-0.05, 0) is 19.1 Å². The summed E-state index contributed by atoms with van der Waals surface area (Å²) >= 11 is 0. The Kier molecular flexibility index (Phi) is 7.12. The van der Waals surface area contributed by atoms with Gasteiger partial charge in [-0.25, -0.2) is 0 Å². The van der Waals surface area contributed by atoms with Crippen molar-refractivity contribution >= 4 is 30.4 Å². The molecule has 0 spiro atoms. The van der Waals surface area contributed by atoms with Crippen LogP contribution in [-0.2, 0) is 4.52 Å². The number of carbonyl (C=O) groups excluding carboxylic acids is 1. The van der Waals surface area contributed by atoms with Crippen LogP contribution in [0.2, 0.25) is 0 Å². The highest BCUT2D eigenvalue weighted by atomic mass is 31.1. The molecule has 0 saturated heterocycles. The Hall–Kier alpha value is -3.68. The van der Waals surface area contributed by atoms with Crippen molar-refractivity contribution in [2.75, 3.05) is 0 Å². The minimum absolute atomic E-state index is 0.175. The molecule has 1 amide bonds. The van der Waals surface area contributed by atoms with Crippen LogP contribution in [0.15, 0.2) is 121 Å². The molecular weight excluding hydrogens is 413 g/mol. The van der Waals surface area contributed by atoms with Gasteiger partial charge in [0.25, 0.3) is 5.91 Å². The number of hydrogen-bond donors (Lipinski definition) is 1. The van der Waals surface area contributed by atoms with Crippen molar-refractivity contribution in [3.8, 4) is 0 Å². The number of nitrogens with one attached hydrogen (secondary N) is 1. The second kappa shape index (κ2) is 10.6. The molecule has 0 aliphatic carbocycles. The lowest BCUT2D eigenvalue weighted by Crippen LogP contribution is -2.19. The first-order valence-electron chi connectivity index (χ1n) is 10.4. The van der Waals surface area contributed by atoms with E-state index in [2.05, 4.69) is 29.6 Å². The van der Waals surface area contributed by atoms with Crippen LogP contribution < -0.4 is 15.9 Å². The van der Waals surface area contributed by atoms with E-state index in [0.29, 0.717) is 11.3 Å². The molecule has 0 aliphatic heterocycles. The van der Waals surface area contributed by atoms with Crippen molar-refractivity contribution in [3.05, 3.63) is 138 Å². The summed E-state index contributed by atoms with van der Waals surface area (Å²) in [6, 6.07) is 37.7. The molecule has 4 aromatic rings. The molecule has 158 valence electrons. The Bertz CT molecular complexity index is 1140. The molecule has 0 saturated carbocycles. The summed E-state index contributed by atoms with van der Waals surface area (Å²) in [5, 5.41) is 5.10. The van der Waals surface area contributed by atoms with Crippen LogP contribution in [-0.4, -0.2) is 5.91 Å². The molecule has 0 aliphatic rings. The lowest BCUT2D eigenvalue weighted by atomic mass is 10.1. The fourth-order valence-corrected chi connectivity index (χ4v) is 4.91. The maximum atomic E-state index is 12.7. The SMILES string of the molecule is Cc1ccc(C(=O)NC=C(OP(c2ccccc2)c2ccccc2)c2ccccc2)cc1. The minimum Gasteiger partial charge on any atom is -0.462 e. The van der Waals surface area contributed by atoms with Gasteiger partial charge in [-0.2, -0.15) is 0 Å². The maximum absolute atomic E-state index is 12.7. The van der Waals surface area contributed by atoms with Gasteiger partial charge in [-0.1, -0.05) is 109 Å². The molecule has 0 bridgehead atoms. The van der Waals surface area contributed by atoms with Crippen molar-refractivity contribution in [3.63, 3.8) is 0 Å². The van der Waals surface area contributed by atoms with Gasteiger partial charge in [0.2, 0.25) is 0 Å². The first-order chi connectivity index (χ1) is 15.7. The fraction of sp³-hybridized carbons (Fsp3) is 0.0357. The van der Waals surface area contributed by atoms with E-state index in [1.165, 1.54) is 0 Å². The number of benzene rings is 4. The van der Waals surface area contributed by atoms with Gasteiger partial charge < -0.3 is 9.84 Å². The lowest BCUT2D eigenvalue weighted by Gasteiger charge is -2.21. The van der Waals surface area contributed by atoms with E-state index in [9.17, 15) is 4.79 Å². The zero-order valence-electron chi connectivity index (χ0n) is 17.8. The number of aryl methyl sites for hydroxylation is 1. The smallest absolute Gasteiger partial charge is 0.255 e. The molecule has 4 aromatic carbocycles. The van der Waals surface area contributed by atoms with E-state index in [-0.39, 0.29) is 5.91 Å². The average molecular weight is 437 g/mol. The first kappa shape index (κ1) is 21.5. The second-order valence-electron chi connectivity index (χ2n) is 7.27. The summed E-state index contributed by atoms with van der Waals surface area (Å²) in [5.74, 6) is 0.440. The van der Waals surface area contributed by atoms with Gasteiger partial charge in [0, 0.05) is 27.9 Å². The van der Waals surface area contributed by atoms with Crippen LogP contribution in [0.4, 0.5) is 0 Å². The van der Waals surface area contributed by atoms with E-state index in [0.717, 1.165) is 21.7 Å². The molecular formula is C28H24NO2P. The standard InChI is InChI=1S/C28H24NO2P/c1-22-17-19-24(20-18-22)28(30)29-21-27(23-11-5-2-6-12-23)31-32(25-13-7-3-8-14-25)26-15-9-4-10-16-26/h2-21H,1H3,(H,29,30). The number of rotatable bonds is 7. The highest BCUT2D eigenvalue weighted by molar-refractivity contribution is 7.68. The summed E-state index contributed by atoms with van der Waals surface area (Å²) < 4.78 is 6.63. The van der Waals surface area contributed by atoms with Gasteiger partial charge in [0.05, 0.1) is 0 Å². The molecule has 0 atom stereocenters. The topological polar surface area (TPSA) is 38.3 Å². The van der Waals surface area contributed by atoms with Crippen LogP contribution in [0.3, 0.4) is 0 Å². The Morgan fingerprint density at radius 2 is 1.19 bits per heavy atom. The predicted octanol–water partition coefficient (Wildman–Crippen LogP) is 5.79. The molecule has 4 rings (SSSR count). The van der Waals surface area contributed by atoms with E-state index in [4.69, 9.17) is 4.52 Å². The van der Waals surface area contributed by atoms with Crippen molar-refractivity contribution in [1.29, 1.82) is 0 Å². The first-order valence-corrected chi connectivity index (χ1v) is 11.7. The normalized spacial score (nSPS) is 11.2. The van der Waals surface area contributed by atoms with Crippen LogP contribution in [0.1, 0.15) is 21.5 Å². The molecule has 0 fully saturated rings. The highest BCUT2D eigenvalue weighted by Crippen LogP contribution is 2.40. The highest BCUT2D eigenvalue weighted by Gasteiger charge is 2.19. The van der Waals surface area contributed by atoms with Crippen molar-refractivity contribution < 1.29 is 9.32 Å². The second-order valence-corrected chi connectivity index (χ2v) is 9.07. The molecule has 0 heterocycles. The third-order valence-corrected chi connectivity index (χ3v) is 6.79. The van der Waals surface area contributed by atoms with E-state index in [1.807, 2.05) is 97.9 Å². The molecule has 0 aromatic heterocycles. The van der Waals surface area contributed by atoms with Gasteiger partial charge in [0.1, 0.15) is 5.76 Å². The quantitative estimate of drug-likeness (QED) is 0.294. The van der Waals surface area contributed by atoms with Crippen molar-refractivity contribution in [2.24, 2.45) is 0 Å². The summed E-state index contributed by atoms with van der Waals surface area (Å²) in [4.78, 5) is 12.7. The molecule has 0 unspecified atom stereocenters. The van der Waals surface area contributed by atoms with Gasteiger partial charge in [0.15, 0.2) is 8.15 Å². The van der Waals surface area contributed by atoms with E-state index < -0.39 is 8.15 Å². The van der Waals surface area contributed by atoms with E-state index >= 15 is 0 Å². The molecule has 0 radical (unpaired) electrons. The number of carbonyl (C=O) groups is 1. The zero-order valence-corrected chi connectivity index (χ0v) is 18.7. The molecule has 1 N–H and O–H groups in total. The van der Waals surface area contributed by atoms with Gasteiger partial charge in [-0.3, -0.25) is 4.79 Å². The van der Waals surface area contributed by atoms with Crippen LogP contribution in [0.5, 0.6) is 0 Å². The predicted molar refractivity (Wildman–Crippen MR) is 133 cm³/mol. The Morgan fingerprint density at radius 1 is 0.688 bits per heavy atom. The number of hydrogen-bond acceptors (Lipinski definition) is 2. The minimum atomic E-state index is -1.12. The monoisotopic (exact) mass is 437 g/mol. The van der Waals surface area contributed by atoms with Gasteiger partial charge >= 0.3 is 0 Å². The summed E-state index contributed by atoms with van der Waals surface area (Å²) in [6.07, 6.45) is 1.67. The summed E-state index contributed by atoms with van der Waals surface area (Å²) in [6.45, 7) is 2.00. The van der Waals surface area contributed by atoms with Crippen molar-refractivity contribution in [1.82, 2.24) is 5.32 Å².